The number of rotatable bonds is 6. The van der Waals surface area contributed by atoms with E-state index in [0.717, 1.165) is 41.5 Å². The van der Waals surface area contributed by atoms with Gasteiger partial charge >= 0.3 is 5.97 Å². The van der Waals surface area contributed by atoms with E-state index in [1.807, 2.05) is 17.8 Å². The molecule has 10 heteroatoms. The van der Waals surface area contributed by atoms with Crippen molar-refractivity contribution in [3.05, 3.63) is 77.3 Å². The topological polar surface area (TPSA) is 112 Å². The van der Waals surface area contributed by atoms with Crippen LogP contribution in [0.3, 0.4) is 0 Å². The van der Waals surface area contributed by atoms with E-state index < -0.39 is 23.1 Å². The van der Waals surface area contributed by atoms with Gasteiger partial charge in [-0.2, -0.15) is 5.10 Å². The minimum Gasteiger partial charge on any atom is -0.457 e. The molecule has 0 radical (unpaired) electrons. The highest BCUT2D eigenvalue weighted by atomic mass is 32.2. The van der Waals surface area contributed by atoms with Gasteiger partial charge in [0, 0.05) is 5.41 Å². The van der Waals surface area contributed by atoms with E-state index in [4.69, 9.17) is 9.15 Å². The van der Waals surface area contributed by atoms with Crippen LogP contribution in [0.4, 0.5) is 4.39 Å². The van der Waals surface area contributed by atoms with Gasteiger partial charge in [0.05, 0.1) is 35.7 Å². The van der Waals surface area contributed by atoms with E-state index >= 15 is 0 Å². The summed E-state index contributed by atoms with van der Waals surface area (Å²) in [6.07, 6.45) is 8.39. The Labute approximate surface area is 265 Å². The van der Waals surface area contributed by atoms with Crippen LogP contribution >= 0.6 is 11.8 Å². The van der Waals surface area contributed by atoms with Crippen molar-refractivity contribution in [1.29, 1.82) is 0 Å². The second kappa shape index (κ2) is 10.8. The third kappa shape index (κ3) is 4.58. The third-order valence-electron chi connectivity index (χ3n) is 11.3. The zero-order valence-corrected chi connectivity index (χ0v) is 26.4. The number of carbonyl (C=O) groups is 3. The molecule has 0 spiro atoms. The quantitative estimate of drug-likeness (QED) is 0.320. The van der Waals surface area contributed by atoms with Crippen LogP contribution in [0, 0.1) is 34.4 Å². The molecule has 7 atom stereocenters. The fourth-order valence-electron chi connectivity index (χ4n) is 9.39. The minimum absolute atomic E-state index is 0.00555. The number of allylic oxidation sites excluding steroid dienone is 1. The van der Waals surface area contributed by atoms with Gasteiger partial charge in [-0.3, -0.25) is 9.59 Å². The molecule has 8 nitrogen and oxygen atoms in total. The number of aliphatic hydroxyl groups is 1. The number of hydrogen-bond donors (Lipinski definition) is 1. The first-order chi connectivity index (χ1) is 21.5. The van der Waals surface area contributed by atoms with Crippen LogP contribution in [0.25, 0.3) is 11.8 Å². The third-order valence-corrected chi connectivity index (χ3v) is 12.5. The number of Topliss-reactive ketones (excluding diaryl/α,β-unsaturated/α-hetero) is 1. The summed E-state index contributed by atoms with van der Waals surface area (Å²) in [5.74, 6) is -1.07. The number of aromatic nitrogens is 2. The first-order valence-corrected chi connectivity index (χ1v) is 16.6. The highest BCUT2D eigenvalue weighted by molar-refractivity contribution is 8.14. The van der Waals surface area contributed by atoms with Crippen LogP contribution in [0.15, 0.2) is 58.8 Å². The van der Waals surface area contributed by atoms with Crippen molar-refractivity contribution < 1.29 is 33.0 Å². The van der Waals surface area contributed by atoms with Gasteiger partial charge in [-0.15, -0.1) is 0 Å². The first kappa shape index (κ1) is 30.2. The predicted molar refractivity (Wildman–Crippen MR) is 166 cm³/mol. The number of hydrogen-bond acceptors (Lipinski definition) is 8. The van der Waals surface area contributed by atoms with Gasteiger partial charge in [-0.05, 0) is 117 Å². The number of thioether (sulfide) groups is 1. The van der Waals surface area contributed by atoms with Crippen LogP contribution in [0.2, 0.25) is 0 Å². The molecule has 3 saturated carbocycles. The lowest BCUT2D eigenvalue weighted by Crippen LogP contribution is -2.62. The molecular formula is C35H37FN2O6S. The summed E-state index contributed by atoms with van der Waals surface area (Å²) in [5.41, 5.74) is 1.47. The maximum absolute atomic E-state index is 14.1. The second-order valence-electron chi connectivity index (χ2n) is 13.7. The summed E-state index contributed by atoms with van der Waals surface area (Å²) in [6, 6.07) is 9.41. The largest absolute Gasteiger partial charge is 0.457 e. The molecule has 0 saturated heterocycles. The van der Waals surface area contributed by atoms with Gasteiger partial charge < -0.3 is 14.3 Å². The van der Waals surface area contributed by atoms with Crippen molar-refractivity contribution in [3.8, 4) is 5.69 Å². The van der Waals surface area contributed by atoms with Crippen LogP contribution in [0.5, 0.6) is 0 Å². The maximum atomic E-state index is 14.1. The molecule has 1 aromatic carbocycles. The maximum Gasteiger partial charge on any atom is 0.375 e. The van der Waals surface area contributed by atoms with Crippen LogP contribution < -0.4 is 0 Å². The van der Waals surface area contributed by atoms with Gasteiger partial charge in [0.1, 0.15) is 11.6 Å². The van der Waals surface area contributed by atoms with Crippen LogP contribution in [-0.4, -0.2) is 49.2 Å². The van der Waals surface area contributed by atoms with Gasteiger partial charge in [-0.1, -0.05) is 31.2 Å². The van der Waals surface area contributed by atoms with Gasteiger partial charge in [0.25, 0.3) is 0 Å². The average molecular weight is 633 g/mol. The summed E-state index contributed by atoms with van der Waals surface area (Å²) in [7, 11) is 0. The number of ketones is 1. The lowest BCUT2D eigenvalue weighted by molar-refractivity contribution is -0.175. The highest BCUT2D eigenvalue weighted by Gasteiger charge is 2.70. The molecule has 0 bridgehead atoms. The Balaban J connectivity index is 1.23. The molecule has 2 heterocycles. The summed E-state index contributed by atoms with van der Waals surface area (Å²) in [6.45, 7) is 5.67. The lowest BCUT2D eigenvalue weighted by atomic mass is 9.45. The number of benzene rings is 1. The number of nitrogens with zero attached hydrogens (tertiary/aromatic N) is 2. The van der Waals surface area contributed by atoms with Crippen LogP contribution in [-0.2, 0) is 20.7 Å². The summed E-state index contributed by atoms with van der Waals surface area (Å²) in [4.78, 5) is 39.2. The number of fused-ring (bicyclic) bond motifs is 6. The number of halogens is 1. The van der Waals surface area contributed by atoms with Crippen molar-refractivity contribution in [3.63, 3.8) is 0 Å². The zero-order chi connectivity index (χ0) is 31.7. The van der Waals surface area contributed by atoms with E-state index in [1.165, 1.54) is 37.0 Å². The molecular weight excluding hydrogens is 595 g/mol. The Morgan fingerprint density at radius 2 is 1.96 bits per heavy atom. The Morgan fingerprint density at radius 3 is 2.67 bits per heavy atom. The molecule has 2 unspecified atom stereocenters. The first-order valence-electron chi connectivity index (χ1n) is 15.6. The van der Waals surface area contributed by atoms with Gasteiger partial charge in [-0.25, -0.2) is 13.9 Å². The molecule has 0 aliphatic heterocycles. The standard InChI is InChI=1S/C35H37FN2O6S/c1-20(39)19-45-32(42)35(44-31(41)29-5-4-14-43-29)13-12-26-25-11-6-22-15-27-21(18-37-38(27)24-9-7-23(36)8-10-24)16-33(22,2)30(25)28(40)17-34(26,35)3/h4-5,7-10,14-15,18,25-26,28,30,40H,6,11-13,16-17,19H2,1-3H3/t25-,26?,28-,30?,33-,34-,35-/m0/s1. The normalized spacial score (nSPS) is 33.3. The molecule has 4 aliphatic carbocycles. The fraction of sp³-hybridized carbons (Fsp3) is 0.486. The predicted octanol–water partition coefficient (Wildman–Crippen LogP) is 6.20. The molecule has 1 N–H and O–H groups in total. The number of esters is 1. The Hall–Kier alpha value is -3.50. The van der Waals surface area contributed by atoms with Crippen molar-refractivity contribution >= 4 is 34.7 Å². The number of ether oxygens (including phenoxy) is 1. The highest BCUT2D eigenvalue weighted by Crippen LogP contribution is 2.69. The monoisotopic (exact) mass is 632 g/mol. The summed E-state index contributed by atoms with van der Waals surface area (Å²) < 4.78 is 27.0. The molecule has 3 aromatic rings. The van der Waals surface area contributed by atoms with E-state index in [-0.39, 0.29) is 51.4 Å². The van der Waals surface area contributed by atoms with Gasteiger partial charge in [0.2, 0.25) is 10.9 Å². The smallest absolute Gasteiger partial charge is 0.375 e. The van der Waals surface area contributed by atoms with E-state index in [0.29, 0.717) is 25.7 Å². The lowest BCUT2D eigenvalue weighted by Gasteiger charge is -2.60. The Kier molecular flexibility index (Phi) is 7.24. The number of carbonyl (C=O) groups excluding carboxylic acids is 3. The fourth-order valence-corrected chi connectivity index (χ4v) is 10.3. The van der Waals surface area contributed by atoms with E-state index in [9.17, 15) is 23.9 Å². The number of furan rings is 1. The summed E-state index contributed by atoms with van der Waals surface area (Å²) in [5, 5.41) is 16.4. The molecule has 4 aliphatic rings. The summed E-state index contributed by atoms with van der Waals surface area (Å²) >= 11 is 0.899. The molecule has 7 rings (SSSR count). The molecule has 3 fully saturated rings. The van der Waals surface area contributed by atoms with Crippen molar-refractivity contribution in [2.24, 2.45) is 28.6 Å². The Bertz CT molecular complexity index is 1700. The molecule has 0 amide bonds. The van der Waals surface area contributed by atoms with Gasteiger partial charge in [0.15, 0.2) is 5.60 Å². The average Bonchev–Trinajstić information content (AvgIpc) is 3.73. The molecule has 236 valence electrons. The van der Waals surface area contributed by atoms with E-state index in [1.54, 1.807) is 18.2 Å². The van der Waals surface area contributed by atoms with Crippen LogP contribution in [0.1, 0.15) is 74.7 Å². The molecule has 45 heavy (non-hydrogen) atoms. The number of aliphatic hydroxyl groups excluding tert-OH is 1. The minimum atomic E-state index is -1.50. The van der Waals surface area contributed by atoms with E-state index in [2.05, 4.69) is 18.1 Å². The molecule has 2 aromatic heterocycles. The SMILES string of the molecule is CC(=O)CSC(=O)[C@@]1(OC(=O)c2ccco2)CCC2[C@@H]3CCC4=Cc5c(cnn5-c5ccc(F)cc5)C[C@]4(C)C3[C@@H](O)C[C@@]21C. The van der Waals surface area contributed by atoms with Crippen molar-refractivity contribution in [2.75, 3.05) is 5.75 Å². The second-order valence-corrected chi connectivity index (χ2v) is 14.7. The van der Waals surface area contributed by atoms with Crippen molar-refractivity contribution in [2.45, 2.75) is 71.0 Å². The zero-order valence-electron chi connectivity index (χ0n) is 25.6. The Morgan fingerprint density at radius 1 is 1.18 bits per heavy atom. The van der Waals surface area contributed by atoms with Crippen molar-refractivity contribution in [1.82, 2.24) is 9.78 Å².